The van der Waals surface area contributed by atoms with E-state index < -0.39 is 0 Å². The van der Waals surface area contributed by atoms with Crippen LogP contribution in [0.1, 0.15) is 44.3 Å². The van der Waals surface area contributed by atoms with Crippen LogP contribution in [0.4, 0.5) is 0 Å². The van der Waals surface area contributed by atoms with Crippen LogP contribution in [0.25, 0.3) is 0 Å². The highest BCUT2D eigenvalue weighted by Crippen LogP contribution is 2.27. The molecule has 0 radical (unpaired) electrons. The van der Waals surface area contributed by atoms with Crippen LogP contribution >= 0.6 is 11.3 Å². The Kier molecular flexibility index (Phi) is 3.09. The van der Waals surface area contributed by atoms with Gasteiger partial charge >= 0.3 is 0 Å². The first-order valence-corrected chi connectivity index (χ1v) is 5.40. The fourth-order valence-electron chi connectivity index (χ4n) is 0.951. The number of hydrogen-bond acceptors (Lipinski definition) is 3. The number of thiazole rings is 1. The lowest BCUT2D eigenvalue weighted by molar-refractivity contribution is 0.271. The second-order valence-corrected chi connectivity index (χ2v) is 5.27. The first-order valence-electron chi connectivity index (χ1n) is 4.52. The minimum absolute atomic E-state index is 0.123. The fourth-order valence-corrected chi connectivity index (χ4v) is 1.98. The molecule has 1 rings (SSSR count). The molecule has 0 amide bonds. The van der Waals surface area contributed by atoms with Crippen molar-refractivity contribution in [3.05, 3.63) is 16.1 Å². The van der Waals surface area contributed by atoms with Gasteiger partial charge in [0.2, 0.25) is 0 Å². The van der Waals surface area contributed by atoms with Crippen molar-refractivity contribution in [2.45, 2.75) is 39.0 Å². The van der Waals surface area contributed by atoms with E-state index >= 15 is 0 Å². The lowest BCUT2D eigenvalue weighted by Crippen LogP contribution is -2.11. The molecule has 1 unspecified atom stereocenters. The molecule has 0 aliphatic heterocycles. The Balaban J connectivity index is 2.87. The van der Waals surface area contributed by atoms with Gasteiger partial charge in [-0.3, -0.25) is 0 Å². The topological polar surface area (TPSA) is 33.1 Å². The van der Waals surface area contributed by atoms with Crippen molar-refractivity contribution in [2.75, 3.05) is 6.61 Å². The molecular formula is C10H17NOS. The summed E-state index contributed by atoms with van der Waals surface area (Å²) < 4.78 is 0. The van der Waals surface area contributed by atoms with Crippen molar-refractivity contribution >= 4 is 11.3 Å². The molecule has 0 spiro atoms. The third kappa shape index (κ3) is 2.51. The first-order chi connectivity index (χ1) is 5.95. The summed E-state index contributed by atoms with van der Waals surface area (Å²) in [5.41, 5.74) is 1.13. The van der Waals surface area contributed by atoms with E-state index in [-0.39, 0.29) is 17.9 Å². The molecule has 1 aromatic rings. The smallest absolute Gasteiger partial charge is 0.0982 e. The summed E-state index contributed by atoms with van der Waals surface area (Å²) in [6.45, 7) is 8.62. The van der Waals surface area contributed by atoms with Crippen LogP contribution in [0.15, 0.2) is 5.38 Å². The van der Waals surface area contributed by atoms with Crippen molar-refractivity contribution in [1.82, 2.24) is 4.98 Å². The Morgan fingerprint density at radius 2 is 2.15 bits per heavy atom. The SMILES string of the molecule is CC(CO)c1csc(C(C)(C)C)n1. The zero-order valence-corrected chi connectivity index (χ0v) is 9.48. The third-order valence-electron chi connectivity index (χ3n) is 1.94. The lowest BCUT2D eigenvalue weighted by Gasteiger charge is -2.13. The van der Waals surface area contributed by atoms with E-state index in [2.05, 4.69) is 25.8 Å². The highest BCUT2D eigenvalue weighted by molar-refractivity contribution is 7.09. The number of hydrogen-bond donors (Lipinski definition) is 1. The molecule has 0 fully saturated rings. The van der Waals surface area contributed by atoms with Gasteiger partial charge in [0.1, 0.15) is 0 Å². The van der Waals surface area contributed by atoms with Crippen LogP contribution in [-0.2, 0) is 5.41 Å². The van der Waals surface area contributed by atoms with Crippen molar-refractivity contribution in [3.8, 4) is 0 Å². The summed E-state index contributed by atoms with van der Waals surface area (Å²) >= 11 is 1.68. The summed E-state index contributed by atoms with van der Waals surface area (Å²) in [6, 6.07) is 0. The van der Waals surface area contributed by atoms with Gasteiger partial charge in [-0.15, -0.1) is 11.3 Å². The summed E-state index contributed by atoms with van der Waals surface area (Å²) in [7, 11) is 0. The Hall–Kier alpha value is -0.410. The lowest BCUT2D eigenvalue weighted by atomic mass is 9.98. The number of rotatable bonds is 2. The van der Waals surface area contributed by atoms with Gasteiger partial charge in [-0.1, -0.05) is 27.7 Å². The van der Waals surface area contributed by atoms with Gasteiger partial charge in [0.15, 0.2) is 0 Å². The van der Waals surface area contributed by atoms with Crippen molar-refractivity contribution in [3.63, 3.8) is 0 Å². The second-order valence-electron chi connectivity index (χ2n) is 4.41. The monoisotopic (exact) mass is 199 g/mol. The molecule has 0 aliphatic carbocycles. The molecule has 1 heterocycles. The standard InChI is InChI=1S/C10H17NOS/c1-7(5-12)8-6-13-9(11-8)10(2,3)4/h6-7,12H,5H2,1-4H3. The van der Waals surface area contributed by atoms with E-state index in [0.717, 1.165) is 10.7 Å². The summed E-state index contributed by atoms with van der Waals surface area (Å²) in [6.07, 6.45) is 0. The van der Waals surface area contributed by atoms with Crippen molar-refractivity contribution < 1.29 is 5.11 Å². The van der Waals surface area contributed by atoms with E-state index in [1.165, 1.54) is 0 Å². The first kappa shape index (κ1) is 10.7. The number of aliphatic hydroxyl groups is 1. The van der Waals surface area contributed by atoms with Crippen molar-refractivity contribution in [2.24, 2.45) is 0 Å². The zero-order valence-electron chi connectivity index (χ0n) is 8.66. The third-order valence-corrected chi connectivity index (χ3v) is 3.23. The van der Waals surface area contributed by atoms with Gasteiger partial charge in [-0.2, -0.15) is 0 Å². The Morgan fingerprint density at radius 1 is 1.54 bits per heavy atom. The number of aliphatic hydroxyl groups excluding tert-OH is 1. The molecule has 0 saturated carbocycles. The second kappa shape index (κ2) is 3.76. The highest BCUT2D eigenvalue weighted by Gasteiger charge is 2.19. The van der Waals surface area contributed by atoms with Gasteiger partial charge in [0, 0.05) is 16.7 Å². The van der Waals surface area contributed by atoms with Crippen LogP contribution in [0.3, 0.4) is 0 Å². The average molecular weight is 199 g/mol. The Labute approximate surface area is 83.6 Å². The van der Waals surface area contributed by atoms with Crippen LogP contribution < -0.4 is 0 Å². The minimum atomic E-state index is 0.123. The molecule has 0 saturated heterocycles. The van der Waals surface area contributed by atoms with E-state index in [9.17, 15) is 0 Å². The van der Waals surface area contributed by atoms with E-state index in [1.54, 1.807) is 11.3 Å². The quantitative estimate of drug-likeness (QED) is 0.794. The van der Waals surface area contributed by atoms with E-state index in [1.807, 2.05) is 12.3 Å². The molecule has 13 heavy (non-hydrogen) atoms. The molecule has 0 aliphatic rings. The molecule has 1 aromatic heterocycles. The molecule has 1 N–H and O–H groups in total. The maximum atomic E-state index is 8.96. The molecular weight excluding hydrogens is 182 g/mol. The zero-order chi connectivity index (χ0) is 10.1. The van der Waals surface area contributed by atoms with Crippen LogP contribution in [0, 0.1) is 0 Å². The van der Waals surface area contributed by atoms with Gasteiger partial charge < -0.3 is 5.11 Å². The summed E-state index contributed by atoms with van der Waals surface area (Å²) in [5.74, 6) is 0.160. The van der Waals surface area contributed by atoms with Gasteiger partial charge in [-0.25, -0.2) is 4.98 Å². The number of nitrogens with zero attached hydrogens (tertiary/aromatic N) is 1. The van der Waals surface area contributed by atoms with Crippen LogP contribution in [-0.4, -0.2) is 16.7 Å². The van der Waals surface area contributed by atoms with Crippen LogP contribution in [0.5, 0.6) is 0 Å². The fraction of sp³-hybridized carbons (Fsp3) is 0.700. The summed E-state index contributed by atoms with van der Waals surface area (Å²) in [4.78, 5) is 4.51. The van der Waals surface area contributed by atoms with Gasteiger partial charge in [-0.05, 0) is 0 Å². The highest BCUT2D eigenvalue weighted by atomic mass is 32.1. The Morgan fingerprint density at radius 3 is 2.54 bits per heavy atom. The van der Waals surface area contributed by atoms with Crippen LogP contribution in [0.2, 0.25) is 0 Å². The van der Waals surface area contributed by atoms with E-state index in [4.69, 9.17) is 5.11 Å². The number of aromatic nitrogens is 1. The minimum Gasteiger partial charge on any atom is -0.396 e. The largest absolute Gasteiger partial charge is 0.396 e. The molecule has 0 aromatic carbocycles. The molecule has 0 bridgehead atoms. The maximum absolute atomic E-state index is 8.96. The normalized spacial score (nSPS) is 14.5. The molecule has 3 heteroatoms. The Bertz CT molecular complexity index is 275. The molecule has 2 nitrogen and oxygen atoms in total. The molecule has 74 valence electrons. The van der Waals surface area contributed by atoms with E-state index in [0.29, 0.717) is 0 Å². The average Bonchev–Trinajstić information content (AvgIpc) is 2.50. The maximum Gasteiger partial charge on any atom is 0.0982 e. The van der Waals surface area contributed by atoms with Gasteiger partial charge in [0.05, 0.1) is 17.3 Å². The van der Waals surface area contributed by atoms with Crippen molar-refractivity contribution in [1.29, 1.82) is 0 Å². The predicted octanol–water partition coefficient (Wildman–Crippen LogP) is 2.54. The predicted molar refractivity (Wildman–Crippen MR) is 56.3 cm³/mol. The molecule has 1 atom stereocenters. The van der Waals surface area contributed by atoms with Gasteiger partial charge in [0.25, 0.3) is 0 Å². The summed E-state index contributed by atoms with van der Waals surface area (Å²) in [5, 5.41) is 12.1.